The van der Waals surface area contributed by atoms with Crippen molar-refractivity contribution >= 4 is 27.7 Å². The summed E-state index contributed by atoms with van der Waals surface area (Å²) in [6.45, 7) is 5.86. The van der Waals surface area contributed by atoms with Crippen molar-refractivity contribution < 1.29 is 14.3 Å². The molecule has 5 aromatic rings. The molecule has 0 aliphatic heterocycles. The van der Waals surface area contributed by atoms with Crippen LogP contribution in [0.15, 0.2) is 84.9 Å². The highest BCUT2D eigenvalue weighted by Gasteiger charge is 2.12. The first-order valence-corrected chi connectivity index (χ1v) is 13.1. The molecule has 0 bridgehead atoms. The first-order valence-electron chi connectivity index (χ1n) is 13.1. The third kappa shape index (κ3) is 6.14. The van der Waals surface area contributed by atoms with E-state index in [1.54, 1.807) is 0 Å². The summed E-state index contributed by atoms with van der Waals surface area (Å²) in [6.07, 6.45) is 1.48. The minimum absolute atomic E-state index is 0.00712. The summed E-state index contributed by atoms with van der Waals surface area (Å²) >= 11 is 0. The molecular formula is C32H33N3O3. The molecular weight excluding hydrogens is 474 g/mol. The Morgan fingerprint density at radius 2 is 1.71 bits per heavy atom. The molecule has 6 nitrogen and oxygen atoms in total. The third-order valence-electron chi connectivity index (χ3n) is 6.62. The molecule has 4 aromatic carbocycles. The van der Waals surface area contributed by atoms with Gasteiger partial charge in [-0.15, -0.1) is 0 Å². The molecule has 0 saturated carbocycles. The molecule has 1 aromatic heterocycles. The van der Waals surface area contributed by atoms with Gasteiger partial charge in [0, 0.05) is 19.5 Å². The van der Waals surface area contributed by atoms with E-state index in [-0.39, 0.29) is 12.5 Å². The van der Waals surface area contributed by atoms with Gasteiger partial charge in [0.25, 0.3) is 5.91 Å². The summed E-state index contributed by atoms with van der Waals surface area (Å²) in [5.74, 6) is 2.43. The Hall–Kier alpha value is -4.32. The lowest BCUT2D eigenvalue weighted by atomic mass is 10.1. The van der Waals surface area contributed by atoms with Crippen molar-refractivity contribution in [3.63, 3.8) is 0 Å². The Kier molecular flexibility index (Phi) is 7.88. The smallest absolute Gasteiger partial charge is 0.257 e. The summed E-state index contributed by atoms with van der Waals surface area (Å²) in [5, 5.41) is 5.35. The normalized spacial score (nSPS) is 11.1. The summed E-state index contributed by atoms with van der Waals surface area (Å²) in [4.78, 5) is 17.2. The van der Waals surface area contributed by atoms with Crippen molar-refractivity contribution in [2.24, 2.45) is 0 Å². The number of nitrogens with zero attached hydrogens (tertiary/aromatic N) is 2. The van der Waals surface area contributed by atoms with Gasteiger partial charge in [-0.1, -0.05) is 54.6 Å². The number of carbonyl (C=O) groups is 1. The Balaban J connectivity index is 1.15. The van der Waals surface area contributed by atoms with E-state index >= 15 is 0 Å². The van der Waals surface area contributed by atoms with Crippen molar-refractivity contribution in [1.82, 2.24) is 14.9 Å². The number of nitrogens with one attached hydrogen (secondary N) is 1. The number of hydrogen-bond acceptors (Lipinski definition) is 4. The number of fused-ring (bicyclic) bond motifs is 2. The van der Waals surface area contributed by atoms with E-state index in [2.05, 4.69) is 40.2 Å². The summed E-state index contributed by atoms with van der Waals surface area (Å²) in [7, 11) is 0. The molecule has 1 heterocycles. The minimum Gasteiger partial charge on any atom is -0.494 e. The number of amides is 1. The van der Waals surface area contributed by atoms with Crippen LogP contribution >= 0.6 is 0 Å². The number of hydrogen-bond donors (Lipinski definition) is 1. The van der Waals surface area contributed by atoms with E-state index in [0.717, 1.165) is 52.4 Å². The van der Waals surface area contributed by atoms with Gasteiger partial charge >= 0.3 is 0 Å². The number of para-hydroxylation sites is 2. The van der Waals surface area contributed by atoms with Gasteiger partial charge in [-0.3, -0.25) is 4.79 Å². The number of aromatic nitrogens is 2. The lowest BCUT2D eigenvalue weighted by Gasteiger charge is -2.12. The maximum Gasteiger partial charge on any atom is 0.257 e. The lowest BCUT2D eigenvalue weighted by molar-refractivity contribution is -0.123. The zero-order valence-electron chi connectivity index (χ0n) is 21.9. The third-order valence-corrected chi connectivity index (χ3v) is 6.62. The summed E-state index contributed by atoms with van der Waals surface area (Å²) < 4.78 is 14.0. The Morgan fingerprint density at radius 1 is 0.895 bits per heavy atom. The molecule has 5 rings (SSSR count). The van der Waals surface area contributed by atoms with Crippen LogP contribution in [0, 0.1) is 13.8 Å². The number of ether oxygens (including phenoxy) is 2. The molecule has 0 unspecified atom stereocenters. The summed E-state index contributed by atoms with van der Waals surface area (Å²) in [5.41, 5.74) is 4.18. The van der Waals surface area contributed by atoms with Gasteiger partial charge < -0.3 is 19.4 Å². The largest absolute Gasteiger partial charge is 0.494 e. The van der Waals surface area contributed by atoms with Gasteiger partial charge in [-0.2, -0.15) is 0 Å². The average Bonchev–Trinajstić information content (AvgIpc) is 3.28. The second kappa shape index (κ2) is 11.8. The molecule has 0 atom stereocenters. The second-order valence-corrected chi connectivity index (χ2v) is 9.54. The van der Waals surface area contributed by atoms with E-state index in [1.165, 1.54) is 10.8 Å². The zero-order chi connectivity index (χ0) is 26.3. The van der Waals surface area contributed by atoms with Crippen molar-refractivity contribution in [2.45, 2.75) is 33.2 Å². The molecule has 0 spiro atoms. The molecule has 6 heteroatoms. The van der Waals surface area contributed by atoms with Crippen molar-refractivity contribution in [1.29, 1.82) is 0 Å². The highest BCUT2D eigenvalue weighted by Crippen LogP contribution is 2.22. The van der Waals surface area contributed by atoms with Crippen LogP contribution in [-0.2, 0) is 17.8 Å². The van der Waals surface area contributed by atoms with Crippen LogP contribution in [0.1, 0.15) is 23.4 Å². The molecule has 0 saturated heterocycles. The van der Waals surface area contributed by atoms with E-state index in [0.29, 0.717) is 19.6 Å². The maximum absolute atomic E-state index is 12.4. The molecule has 0 fully saturated rings. The molecule has 1 N–H and O–H groups in total. The fourth-order valence-electron chi connectivity index (χ4n) is 4.61. The number of carbonyl (C=O) groups excluding carboxylic acids is 1. The average molecular weight is 508 g/mol. The number of imidazole rings is 1. The number of rotatable bonds is 11. The SMILES string of the molecule is Cc1ccc(C)c(OCC(=O)NCCc2nc3ccccc3n2CCCOc2ccc3ccccc3c2)c1. The monoisotopic (exact) mass is 507 g/mol. The van der Waals surface area contributed by atoms with E-state index in [1.807, 2.05) is 68.4 Å². The molecule has 0 aliphatic carbocycles. The quantitative estimate of drug-likeness (QED) is 0.222. The Labute approximate surface area is 223 Å². The number of aryl methyl sites for hydroxylation is 3. The fraction of sp³-hybridized carbons (Fsp3) is 0.250. The van der Waals surface area contributed by atoms with Gasteiger partial charge in [0.15, 0.2) is 6.61 Å². The van der Waals surface area contributed by atoms with E-state index in [4.69, 9.17) is 14.5 Å². The fourth-order valence-corrected chi connectivity index (χ4v) is 4.61. The van der Waals surface area contributed by atoms with Crippen LogP contribution in [0.25, 0.3) is 21.8 Å². The van der Waals surface area contributed by atoms with Gasteiger partial charge in [-0.25, -0.2) is 4.98 Å². The van der Waals surface area contributed by atoms with Gasteiger partial charge in [0.2, 0.25) is 0 Å². The van der Waals surface area contributed by atoms with Crippen molar-refractivity contribution in [3.05, 3.63) is 102 Å². The predicted molar refractivity (Wildman–Crippen MR) is 152 cm³/mol. The van der Waals surface area contributed by atoms with Crippen molar-refractivity contribution in [2.75, 3.05) is 19.8 Å². The van der Waals surface area contributed by atoms with E-state index < -0.39 is 0 Å². The molecule has 0 radical (unpaired) electrons. The highest BCUT2D eigenvalue weighted by atomic mass is 16.5. The van der Waals surface area contributed by atoms with Crippen LogP contribution in [-0.4, -0.2) is 35.2 Å². The lowest BCUT2D eigenvalue weighted by Crippen LogP contribution is -2.31. The van der Waals surface area contributed by atoms with Gasteiger partial charge in [0.1, 0.15) is 17.3 Å². The zero-order valence-corrected chi connectivity index (χ0v) is 21.9. The van der Waals surface area contributed by atoms with Crippen molar-refractivity contribution in [3.8, 4) is 11.5 Å². The maximum atomic E-state index is 12.4. The Bertz CT molecular complexity index is 1560. The topological polar surface area (TPSA) is 65.4 Å². The van der Waals surface area contributed by atoms with Crippen LogP contribution in [0.2, 0.25) is 0 Å². The standard InChI is InChI=1S/C32H33N3O3/c1-23-12-13-24(2)30(20-23)38-22-32(36)33-17-16-31-34-28-10-5-6-11-29(28)35(31)18-7-19-37-27-15-14-25-8-3-4-9-26(25)21-27/h3-6,8-15,20-21H,7,16-19,22H2,1-2H3,(H,33,36). The molecule has 194 valence electrons. The van der Waals surface area contributed by atoms with Crippen LogP contribution in [0.5, 0.6) is 11.5 Å². The first kappa shape index (κ1) is 25.3. The summed E-state index contributed by atoms with van der Waals surface area (Å²) in [6, 6.07) is 28.6. The van der Waals surface area contributed by atoms with Crippen LogP contribution in [0.4, 0.5) is 0 Å². The van der Waals surface area contributed by atoms with Gasteiger partial charge in [0.05, 0.1) is 17.6 Å². The van der Waals surface area contributed by atoms with Crippen LogP contribution in [0.3, 0.4) is 0 Å². The molecule has 0 aliphatic rings. The number of benzene rings is 4. The minimum atomic E-state index is -0.141. The second-order valence-electron chi connectivity index (χ2n) is 9.54. The molecule has 38 heavy (non-hydrogen) atoms. The highest BCUT2D eigenvalue weighted by molar-refractivity contribution is 5.83. The molecule has 1 amide bonds. The Morgan fingerprint density at radius 3 is 2.61 bits per heavy atom. The first-order chi connectivity index (χ1) is 18.6. The van der Waals surface area contributed by atoms with Gasteiger partial charge in [-0.05, 0) is 72.5 Å². The van der Waals surface area contributed by atoms with Crippen LogP contribution < -0.4 is 14.8 Å². The predicted octanol–water partition coefficient (Wildman–Crippen LogP) is 6.01. The van der Waals surface area contributed by atoms with E-state index in [9.17, 15) is 4.79 Å².